The fourth-order valence-electron chi connectivity index (χ4n) is 2.46. The molecule has 2 N–H and O–H groups in total. The van der Waals surface area contributed by atoms with Crippen molar-refractivity contribution in [1.82, 2.24) is 15.3 Å². The zero-order valence-corrected chi connectivity index (χ0v) is 11.7. The largest absolute Gasteiger partial charge is 0.342 e. The lowest BCUT2D eigenvalue weighted by Crippen LogP contribution is -2.27. The molecule has 3 nitrogen and oxygen atoms in total. The van der Waals surface area contributed by atoms with Crippen LogP contribution in [0.5, 0.6) is 0 Å². The van der Waals surface area contributed by atoms with E-state index >= 15 is 0 Å². The first-order valence-corrected chi connectivity index (χ1v) is 7.14. The molecule has 1 fully saturated rings. The Bertz CT molecular complexity index is 529. The van der Waals surface area contributed by atoms with Crippen molar-refractivity contribution in [3.63, 3.8) is 0 Å². The molecule has 0 aliphatic carbocycles. The number of imidazole rings is 1. The Morgan fingerprint density at radius 3 is 2.72 bits per heavy atom. The van der Waals surface area contributed by atoms with Crippen LogP contribution in [-0.2, 0) is 0 Å². The number of aromatic amines is 1. The van der Waals surface area contributed by atoms with Crippen LogP contribution in [0.25, 0.3) is 11.3 Å². The van der Waals surface area contributed by atoms with E-state index in [-0.39, 0.29) is 0 Å². The van der Waals surface area contributed by atoms with E-state index in [4.69, 9.17) is 0 Å². The van der Waals surface area contributed by atoms with Crippen LogP contribution in [-0.4, -0.2) is 23.1 Å². The molecule has 0 unspecified atom stereocenters. The molecule has 2 aromatic rings. The predicted octanol–water partition coefficient (Wildman–Crippen LogP) is 3.31. The number of nitrogens with zero attached hydrogens (tertiary/aromatic N) is 1. The van der Waals surface area contributed by atoms with Gasteiger partial charge < -0.3 is 10.3 Å². The number of nitrogens with one attached hydrogen (secondary N) is 2. The number of rotatable bonds is 2. The van der Waals surface area contributed by atoms with E-state index in [1.165, 1.54) is 18.4 Å². The molecule has 3 rings (SSSR count). The quantitative estimate of drug-likeness (QED) is 0.894. The second kappa shape index (κ2) is 5.24. The summed E-state index contributed by atoms with van der Waals surface area (Å²) in [6, 6.07) is 8.23. The predicted molar refractivity (Wildman–Crippen MR) is 76.6 cm³/mol. The number of piperidine rings is 1. The second-order valence-electron chi connectivity index (χ2n) is 4.69. The zero-order chi connectivity index (χ0) is 12.4. The summed E-state index contributed by atoms with van der Waals surface area (Å²) in [5, 5.41) is 3.38. The van der Waals surface area contributed by atoms with Gasteiger partial charge in [-0.25, -0.2) is 4.98 Å². The number of benzene rings is 1. The van der Waals surface area contributed by atoms with Gasteiger partial charge in [0.1, 0.15) is 5.82 Å². The summed E-state index contributed by atoms with van der Waals surface area (Å²) in [6.45, 7) is 2.19. The Kier molecular flexibility index (Phi) is 3.48. The topological polar surface area (TPSA) is 40.7 Å². The van der Waals surface area contributed by atoms with Gasteiger partial charge in [0, 0.05) is 16.0 Å². The maximum absolute atomic E-state index is 4.55. The van der Waals surface area contributed by atoms with Crippen molar-refractivity contribution in [3.8, 4) is 11.3 Å². The Balaban J connectivity index is 1.87. The van der Waals surface area contributed by atoms with Crippen molar-refractivity contribution in [3.05, 3.63) is 40.8 Å². The van der Waals surface area contributed by atoms with Crippen LogP contribution >= 0.6 is 15.9 Å². The van der Waals surface area contributed by atoms with E-state index in [1.54, 1.807) is 0 Å². The lowest BCUT2D eigenvalue weighted by atomic mass is 9.98. The number of halogens is 1. The van der Waals surface area contributed by atoms with Gasteiger partial charge in [-0.15, -0.1) is 0 Å². The zero-order valence-electron chi connectivity index (χ0n) is 10.1. The molecular formula is C14H16BrN3. The van der Waals surface area contributed by atoms with Gasteiger partial charge in [-0.05, 0) is 32.0 Å². The number of H-pyrrole nitrogens is 1. The molecule has 0 saturated carbocycles. The van der Waals surface area contributed by atoms with Crippen LogP contribution in [0.3, 0.4) is 0 Å². The monoisotopic (exact) mass is 305 g/mol. The molecule has 0 bridgehead atoms. The Morgan fingerprint density at radius 2 is 1.94 bits per heavy atom. The van der Waals surface area contributed by atoms with Crippen molar-refractivity contribution < 1.29 is 0 Å². The van der Waals surface area contributed by atoms with Crippen LogP contribution in [0, 0.1) is 0 Å². The first-order chi connectivity index (χ1) is 8.84. The molecule has 1 saturated heterocycles. The van der Waals surface area contributed by atoms with Gasteiger partial charge in [0.05, 0.1) is 11.9 Å². The van der Waals surface area contributed by atoms with Gasteiger partial charge in [-0.3, -0.25) is 0 Å². The van der Waals surface area contributed by atoms with Crippen molar-refractivity contribution in [2.45, 2.75) is 18.8 Å². The minimum atomic E-state index is 0.572. The summed E-state index contributed by atoms with van der Waals surface area (Å²) in [5.74, 6) is 1.70. The van der Waals surface area contributed by atoms with Crippen LogP contribution in [0.2, 0.25) is 0 Å². The van der Waals surface area contributed by atoms with E-state index in [1.807, 2.05) is 18.3 Å². The van der Waals surface area contributed by atoms with Crippen molar-refractivity contribution in [2.75, 3.05) is 13.1 Å². The van der Waals surface area contributed by atoms with Crippen molar-refractivity contribution in [2.24, 2.45) is 0 Å². The maximum Gasteiger partial charge on any atom is 0.109 e. The number of aromatic nitrogens is 2. The third kappa shape index (κ3) is 2.35. The minimum absolute atomic E-state index is 0.572. The average molecular weight is 306 g/mol. The van der Waals surface area contributed by atoms with Gasteiger partial charge in [-0.2, -0.15) is 0 Å². The molecule has 4 heteroatoms. The average Bonchev–Trinajstić information content (AvgIpc) is 2.90. The molecule has 0 atom stereocenters. The summed E-state index contributed by atoms with van der Waals surface area (Å²) in [5.41, 5.74) is 2.26. The van der Waals surface area contributed by atoms with Crippen LogP contribution in [0.15, 0.2) is 34.9 Å². The molecular weight excluding hydrogens is 290 g/mol. The van der Waals surface area contributed by atoms with E-state index in [2.05, 4.69) is 43.3 Å². The summed E-state index contributed by atoms with van der Waals surface area (Å²) >= 11 is 3.58. The van der Waals surface area contributed by atoms with Crippen LogP contribution < -0.4 is 5.32 Å². The summed E-state index contributed by atoms with van der Waals surface area (Å²) < 4.78 is 1.10. The van der Waals surface area contributed by atoms with Crippen LogP contribution in [0.1, 0.15) is 24.6 Å². The summed E-state index contributed by atoms with van der Waals surface area (Å²) in [7, 11) is 0. The third-order valence-corrected chi connectivity index (χ3v) is 4.18. The molecule has 0 spiro atoms. The fourth-order valence-corrected chi connectivity index (χ4v) is 2.95. The van der Waals surface area contributed by atoms with Crippen molar-refractivity contribution >= 4 is 15.9 Å². The first kappa shape index (κ1) is 11.9. The molecule has 1 aromatic carbocycles. The van der Waals surface area contributed by atoms with E-state index in [0.717, 1.165) is 29.1 Å². The Morgan fingerprint density at radius 1 is 1.17 bits per heavy atom. The Labute approximate surface area is 115 Å². The molecule has 0 amide bonds. The fraction of sp³-hybridized carbons (Fsp3) is 0.357. The molecule has 1 aliphatic rings. The van der Waals surface area contributed by atoms with Gasteiger partial charge in [0.15, 0.2) is 0 Å². The van der Waals surface area contributed by atoms with E-state index in [9.17, 15) is 0 Å². The van der Waals surface area contributed by atoms with E-state index in [0.29, 0.717) is 5.92 Å². The lowest BCUT2D eigenvalue weighted by Gasteiger charge is -2.20. The van der Waals surface area contributed by atoms with Gasteiger partial charge in [0.2, 0.25) is 0 Å². The van der Waals surface area contributed by atoms with Gasteiger partial charge in [0.25, 0.3) is 0 Å². The summed E-state index contributed by atoms with van der Waals surface area (Å²) in [4.78, 5) is 8.02. The molecule has 0 radical (unpaired) electrons. The first-order valence-electron chi connectivity index (χ1n) is 6.35. The molecule has 94 valence electrons. The lowest BCUT2D eigenvalue weighted by molar-refractivity contribution is 0.447. The smallest absolute Gasteiger partial charge is 0.109 e. The summed E-state index contributed by atoms with van der Waals surface area (Å²) in [6.07, 6.45) is 4.28. The standard InChI is InChI=1S/C14H16BrN3/c15-12-4-2-1-3-11(12)13-9-17-14(18-13)10-5-7-16-8-6-10/h1-4,9-10,16H,5-8H2,(H,17,18). The van der Waals surface area contributed by atoms with Crippen molar-refractivity contribution in [1.29, 1.82) is 0 Å². The van der Waals surface area contributed by atoms with Gasteiger partial charge in [-0.1, -0.05) is 34.1 Å². The normalized spacial score (nSPS) is 16.9. The van der Waals surface area contributed by atoms with E-state index < -0.39 is 0 Å². The maximum atomic E-state index is 4.55. The molecule has 2 heterocycles. The molecule has 1 aliphatic heterocycles. The highest BCUT2D eigenvalue weighted by Gasteiger charge is 2.18. The number of hydrogen-bond donors (Lipinski definition) is 2. The Hall–Kier alpha value is -1.13. The highest BCUT2D eigenvalue weighted by molar-refractivity contribution is 9.10. The van der Waals surface area contributed by atoms with Gasteiger partial charge >= 0.3 is 0 Å². The molecule has 1 aromatic heterocycles. The SMILES string of the molecule is Brc1ccccc1-c1cnc(C2CCNCC2)[nH]1. The second-order valence-corrected chi connectivity index (χ2v) is 5.54. The van der Waals surface area contributed by atoms with Crippen LogP contribution in [0.4, 0.5) is 0 Å². The number of hydrogen-bond acceptors (Lipinski definition) is 2. The molecule has 18 heavy (non-hydrogen) atoms. The minimum Gasteiger partial charge on any atom is -0.342 e. The third-order valence-electron chi connectivity index (χ3n) is 3.49. The highest BCUT2D eigenvalue weighted by Crippen LogP contribution is 2.29. The highest BCUT2D eigenvalue weighted by atomic mass is 79.9.